The molecule has 84 valence electrons. The van der Waals surface area contributed by atoms with E-state index in [2.05, 4.69) is 20.4 Å². The molecule has 0 spiro atoms. The van der Waals surface area contributed by atoms with Crippen molar-refractivity contribution >= 4 is 11.6 Å². The highest BCUT2D eigenvalue weighted by atomic mass is 16.2. The van der Waals surface area contributed by atoms with E-state index in [1.165, 1.54) is 0 Å². The zero-order valence-corrected chi connectivity index (χ0v) is 9.86. The summed E-state index contributed by atoms with van der Waals surface area (Å²) >= 11 is 0. The van der Waals surface area contributed by atoms with Crippen LogP contribution in [0.1, 0.15) is 36.2 Å². The first-order valence-electron chi connectivity index (χ1n) is 5.71. The number of hydrogen-bond acceptors (Lipinski definition) is 1. The highest BCUT2D eigenvalue weighted by Crippen LogP contribution is 2.31. The fourth-order valence-corrected chi connectivity index (χ4v) is 1.96. The van der Waals surface area contributed by atoms with Crippen LogP contribution in [-0.2, 0) is 0 Å². The van der Waals surface area contributed by atoms with Gasteiger partial charge in [-0.25, -0.2) is 0 Å². The second-order valence-electron chi connectivity index (χ2n) is 4.63. The SMILES string of the molecule is C=C1c2ccccc2C(=O)N1CCC(C)C. The molecule has 16 heavy (non-hydrogen) atoms. The Hall–Kier alpha value is -1.57. The summed E-state index contributed by atoms with van der Waals surface area (Å²) in [4.78, 5) is 13.9. The van der Waals surface area contributed by atoms with Gasteiger partial charge in [0.2, 0.25) is 0 Å². The molecular weight excluding hydrogens is 198 g/mol. The first kappa shape index (κ1) is 10.9. The van der Waals surface area contributed by atoms with E-state index in [1.54, 1.807) is 4.90 Å². The van der Waals surface area contributed by atoms with Crippen molar-refractivity contribution in [2.75, 3.05) is 6.54 Å². The molecule has 1 aromatic rings. The van der Waals surface area contributed by atoms with E-state index in [-0.39, 0.29) is 5.91 Å². The van der Waals surface area contributed by atoms with E-state index in [0.29, 0.717) is 5.92 Å². The molecule has 0 aliphatic carbocycles. The lowest BCUT2D eigenvalue weighted by Gasteiger charge is -2.18. The average molecular weight is 215 g/mol. The molecule has 0 N–H and O–H groups in total. The van der Waals surface area contributed by atoms with E-state index in [4.69, 9.17) is 0 Å². The van der Waals surface area contributed by atoms with Gasteiger partial charge < -0.3 is 4.90 Å². The van der Waals surface area contributed by atoms with Crippen molar-refractivity contribution in [3.8, 4) is 0 Å². The molecule has 1 aromatic carbocycles. The summed E-state index contributed by atoms with van der Waals surface area (Å²) in [6.45, 7) is 9.10. The Kier molecular flexibility index (Phi) is 2.82. The summed E-state index contributed by atoms with van der Waals surface area (Å²) in [6.07, 6.45) is 1.01. The van der Waals surface area contributed by atoms with Gasteiger partial charge in [0.05, 0.1) is 0 Å². The molecule has 1 heterocycles. The highest BCUT2D eigenvalue weighted by Gasteiger charge is 2.29. The minimum atomic E-state index is 0.0984. The third kappa shape index (κ3) is 1.75. The molecule has 1 aliphatic heterocycles. The molecule has 0 unspecified atom stereocenters. The van der Waals surface area contributed by atoms with Crippen LogP contribution in [0.15, 0.2) is 30.8 Å². The highest BCUT2D eigenvalue weighted by molar-refractivity contribution is 6.08. The maximum Gasteiger partial charge on any atom is 0.258 e. The van der Waals surface area contributed by atoms with Crippen LogP contribution in [0.3, 0.4) is 0 Å². The predicted molar refractivity (Wildman–Crippen MR) is 66.0 cm³/mol. The summed E-state index contributed by atoms with van der Waals surface area (Å²) in [5.41, 5.74) is 2.62. The fourth-order valence-electron chi connectivity index (χ4n) is 1.96. The third-order valence-corrected chi connectivity index (χ3v) is 2.97. The van der Waals surface area contributed by atoms with Crippen molar-refractivity contribution in [1.82, 2.24) is 4.90 Å². The molecule has 2 rings (SSSR count). The van der Waals surface area contributed by atoms with Gasteiger partial charge in [-0.15, -0.1) is 0 Å². The van der Waals surface area contributed by atoms with E-state index in [0.717, 1.165) is 29.8 Å². The molecule has 1 amide bonds. The van der Waals surface area contributed by atoms with Crippen molar-refractivity contribution in [1.29, 1.82) is 0 Å². The largest absolute Gasteiger partial charge is 0.308 e. The van der Waals surface area contributed by atoms with Crippen molar-refractivity contribution in [2.24, 2.45) is 5.92 Å². The van der Waals surface area contributed by atoms with Crippen LogP contribution in [0.2, 0.25) is 0 Å². The number of benzene rings is 1. The third-order valence-electron chi connectivity index (χ3n) is 2.97. The number of carbonyl (C=O) groups excluding carboxylic acids is 1. The van der Waals surface area contributed by atoms with Gasteiger partial charge in [-0.1, -0.05) is 38.6 Å². The Morgan fingerprint density at radius 1 is 1.25 bits per heavy atom. The van der Waals surface area contributed by atoms with Crippen molar-refractivity contribution in [3.63, 3.8) is 0 Å². The number of carbonyl (C=O) groups is 1. The summed E-state index contributed by atoms with van der Waals surface area (Å²) < 4.78 is 0. The summed E-state index contributed by atoms with van der Waals surface area (Å²) in [7, 11) is 0. The number of fused-ring (bicyclic) bond motifs is 1. The molecule has 0 aromatic heterocycles. The second kappa shape index (κ2) is 4.12. The number of rotatable bonds is 3. The lowest BCUT2D eigenvalue weighted by molar-refractivity contribution is 0.0846. The zero-order chi connectivity index (χ0) is 11.7. The Labute approximate surface area is 96.6 Å². The Morgan fingerprint density at radius 2 is 1.88 bits per heavy atom. The molecule has 1 aliphatic rings. The van der Waals surface area contributed by atoms with Crippen LogP contribution >= 0.6 is 0 Å². The Balaban J connectivity index is 2.22. The minimum absolute atomic E-state index is 0.0984. The minimum Gasteiger partial charge on any atom is -0.308 e. The van der Waals surface area contributed by atoms with Gasteiger partial charge in [0, 0.05) is 23.4 Å². The molecule has 0 saturated carbocycles. The monoisotopic (exact) mass is 215 g/mol. The van der Waals surface area contributed by atoms with Crippen molar-refractivity contribution in [3.05, 3.63) is 42.0 Å². The molecule has 0 bridgehead atoms. The van der Waals surface area contributed by atoms with Gasteiger partial charge in [-0.05, 0) is 18.4 Å². The van der Waals surface area contributed by atoms with Gasteiger partial charge in [0.25, 0.3) is 5.91 Å². The molecule has 0 radical (unpaired) electrons. The van der Waals surface area contributed by atoms with Gasteiger partial charge in [-0.3, -0.25) is 4.79 Å². The van der Waals surface area contributed by atoms with Crippen LogP contribution in [0.25, 0.3) is 5.70 Å². The molecule has 0 fully saturated rings. The summed E-state index contributed by atoms with van der Waals surface area (Å²) in [5, 5.41) is 0. The Morgan fingerprint density at radius 3 is 2.44 bits per heavy atom. The first-order chi connectivity index (χ1) is 7.61. The van der Waals surface area contributed by atoms with Crippen LogP contribution in [-0.4, -0.2) is 17.4 Å². The fraction of sp³-hybridized carbons (Fsp3) is 0.357. The molecule has 2 heteroatoms. The lowest BCUT2D eigenvalue weighted by atomic mass is 10.1. The van der Waals surface area contributed by atoms with E-state index < -0.39 is 0 Å². The number of nitrogens with zero attached hydrogens (tertiary/aromatic N) is 1. The topological polar surface area (TPSA) is 20.3 Å². The zero-order valence-electron chi connectivity index (χ0n) is 9.86. The normalized spacial score (nSPS) is 14.8. The van der Waals surface area contributed by atoms with Crippen molar-refractivity contribution in [2.45, 2.75) is 20.3 Å². The van der Waals surface area contributed by atoms with E-state index in [9.17, 15) is 4.79 Å². The predicted octanol–water partition coefficient (Wildman–Crippen LogP) is 3.16. The number of amides is 1. The molecule has 2 nitrogen and oxygen atoms in total. The number of hydrogen-bond donors (Lipinski definition) is 0. The molecular formula is C14H17NO. The van der Waals surface area contributed by atoms with Gasteiger partial charge in [0.1, 0.15) is 0 Å². The molecule has 0 atom stereocenters. The standard InChI is InChI=1S/C14H17NO/c1-10(2)8-9-15-11(3)12-6-4-5-7-13(12)14(15)16/h4-7,10H,3,8-9H2,1-2H3. The van der Waals surface area contributed by atoms with Crippen LogP contribution in [0, 0.1) is 5.92 Å². The summed E-state index contributed by atoms with van der Waals surface area (Å²) in [5.74, 6) is 0.700. The van der Waals surface area contributed by atoms with Gasteiger partial charge >= 0.3 is 0 Å². The lowest BCUT2D eigenvalue weighted by Crippen LogP contribution is -2.24. The molecule has 0 saturated heterocycles. The quantitative estimate of drug-likeness (QED) is 0.758. The van der Waals surface area contributed by atoms with E-state index in [1.807, 2.05) is 24.3 Å². The first-order valence-corrected chi connectivity index (χ1v) is 5.71. The van der Waals surface area contributed by atoms with Crippen LogP contribution < -0.4 is 0 Å². The maximum atomic E-state index is 12.1. The van der Waals surface area contributed by atoms with Crippen LogP contribution in [0.5, 0.6) is 0 Å². The summed E-state index contributed by atoms with van der Waals surface area (Å²) in [6, 6.07) is 7.68. The smallest absolute Gasteiger partial charge is 0.258 e. The average Bonchev–Trinajstić information content (AvgIpc) is 2.50. The van der Waals surface area contributed by atoms with Gasteiger partial charge in [-0.2, -0.15) is 0 Å². The van der Waals surface area contributed by atoms with Gasteiger partial charge in [0.15, 0.2) is 0 Å². The second-order valence-corrected chi connectivity index (χ2v) is 4.63. The van der Waals surface area contributed by atoms with Crippen molar-refractivity contribution < 1.29 is 4.79 Å². The van der Waals surface area contributed by atoms with E-state index >= 15 is 0 Å². The maximum absolute atomic E-state index is 12.1. The Bertz CT molecular complexity index is 399. The van der Waals surface area contributed by atoms with Crippen LogP contribution in [0.4, 0.5) is 0 Å².